The normalized spacial score (nSPS) is 12.9. The molecule has 3 N–H and O–H groups in total. The van der Waals surface area contributed by atoms with Gasteiger partial charge in [-0.15, -0.1) is 0 Å². The van der Waals surface area contributed by atoms with Gasteiger partial charge in [-0.3, -0.25) is 9.59 Å². The number of ether oxygens (including phenoxy) is 1. The molecule has 0 spiro atoms. The number of hydrogen-bond donors (Lipinski definition) is 4. The van der Waals surface area contributed by atoms with Crippen LogP contribution in [0.1, 0.15) is 20.3 Å². The van der Waals surface area contributed by atoms with E-state index in [2.05, 4.69) is 23.3 Å². The monoisotopic (exact) mass is 292 g/mol. The average molecular weight is 292 g/mol. The van der Waals surface area contributed by atoms with Crippen LogP contribution in [0.15, 0.2) is 0 Å². The Morgan fingerprint density at radius 3 is 2.47 bits per heavy atom. The predicted octanol–water partition coefficient (Wildman–Crippen LogP) is -0.428. The van der Waals surface area contributed by atoms with Gasteiger partial charge in [-0.2, -0.15) is 12.6 Å². The molecule has 2 amide bonds. The number of thiol groups is 1. The Labute approximate surface area is 119 Å². The number of amides is 2. The zero-order chi connectivity index (χ0) is 14.9. The smallest absolute Gasteiger partial charge is 0.249 e. The molecule has 0 radical (unpaired) electrons. The number of aliphatic hydroxyl groups is 1. The molecular formula is C12H24N2O4S. The number of aliphatic hydroxyl groups excluding tert-OH is 1. The maximum Gasteiger partial charge on any atom is 0.249 e. The first kappa shape index (κ1) is 18.2. The van der Waals surface area contributed by atoms with Gasteiger partial charge in [0, 0.05) is 37.8 Å². The summed E-state index contributed by atoms with van der Waals surface area (Å²) in [4.78, 5) is 23.0. The molecule has 1 atom stereocenters. The molecule has 0 saturated carbocycles. The maximum atomic E-state index is 11.7. The molecule has 0 aromatic rings. The molecular weight excluding hydrogens is 268 g/mol. The van der Waals surface area contributed by atoms with E-state index in [1.807, 2.05) is 0 Å². The van der Waals surface area contributed by atoms with Crippen LogP contribution in [-0.2, 0) is 14.3 Å². The molecule has 0 aromatic heterocycles. The standard InChI is InChI=1S/C12H24N2O4S/c1-12(2,8-18-3)10(16)11(17)14-5-4-9(15)13-6-7-19/h10,16,19H,4-8H2,1-3H3,(H,13,15)(H,14,17)/t10-/m0/s1. The first-order chi connectivity index (χ1) is 8.85. The van der Waals surface area contributed by atoms with Gasteiger partial charge in [-0.25, -0.2) is 0 Å². The molecule has 0 unspecified atom stereocenters. The summed E-state index contributed by atoms with van der Waals surface area (Å²) < 4.78 is 4.95. The topological polar surface area (TPSA) is 87.7 Å². The average Bonchev–Trinajstić information content (AvgIpc) is 2.35. The Morgan fingerprint density at radius 1 is 1.32 bits per heavy atom. The SMILES string of the molecule is COCC(C)(C)[C@@H](O)C(=O)NCCC(=O)NCCS. The Balaban J connectivity index is 4.01. The van der Waals surface area contributed by atoms with E-state index >= 15 is 0 Å². The van der Waals surface area contributed by atoms with Crippen LogP contribution in [0.25, 0.3) is 0 Å². The number of rotatable bonds is 9. The third kappa shape index (κ3) is 7.39. The van der Waals surface area contributed by atoms with E-state index in [4.69, 9.17) is 4.74 Å². The van der Waals surface area contributed by atoms with Gasteiger partial charge >= 0.3 is 0 Å². The molecule has 7 heteroatoms. The van der Waals surface area contributed by atoms with Crippen molar-refractivity contribution in [2.45, 2.75) is 26.4 Å². The number of hydrogen-bond acceptors (Lipinski definition) is 5. The summed E-state index contributed by atoms with van der Waals surface area (Å²) in [7, 11) is 1.51. The Morgan fingerprint density at radius 2 is 1.95 bits per heavy atom. The second-order valence-electron chi connectivity index (χ2n) is 4.94. The molecule has 0 aliphatic carbocycles. The lowest BCUT2D eigenvalue weighted by molar-refractivity contribution is -0.137. The minimum atomic E-state index is -1.17. The van der Waals surface area contributed by atoms with Gasteiger partial charge in [0.1, 0.15) is 6.10 Å². The van der Waals surface area contributed by atoms with E-state index in [0.717, 1.165) is 0 Å². The molecule has 0 aliphatic rings. The Hall–Kier alpha value is -0.790. The summed E-state index contributed by atoms with van der Waals surface area (Å²) >= 11 is 3.97. The van der Waals surface area contributed by atoms with Crippen molar-refractivity contribution in [3.8, 4) is 0 Å². The summed E-state index contributed by atoms with van der Waals surface area (Å²) in [5.74, 6) is -0.0776. The Kier molecular flexibility index (Phi) is 8.79. The van der Waals surface area contributed by atoms with Crippen molar-refractivity contribution in [2.75, 3.05) is 32.6 Å². The lowest BCUT2D eigenvalue weighted by Crippen LogP contribution is -2.46. The van der Waals surface area contributed by atoms with E-state index in [1.165, 1.54) is 7.11 Å². The van der Waals surface area contributed by atoms with Gasteiger partial charge < -0.3 is 20.5 Å². The van der Waals surface area contributed by atoms with Gasteiger partial charge in [0.25, 0.3) is 0 Å². The molecule has 0 fully saturated rings. The number of carbonyl (C=O) groups is 2. The van der Waals surface area contributed by atoms with Gasteiger partial charge in [0.05, 0.1) is 6.61 Å². The van der Waals surface area contributed by atoms with Crippen molar-refractivity contribution >= 4 is 24.4 Å². The largest absolute Gasteiger partial charge is 0.384 e. The van der Waals surface area contributed by atoms with Crippen molar-refractivity contribution in [1.82, 2.24) is 10.6 Å². The lowest BCUT2D eigenvalue weighted by Gasteiger charge is -2.28. The number of methoxy groups -OCH3 is 1. The fourth-order valence-electron chi connectivity index (χ4n) is 1.49. The van der Waals surface area contributed by atoms with Crippen molar-refractivity contribution < 1.29 is 19.4 Å². The third-order valence-corrected chi connectivity index (χ3v) is 2.81. The molecule has 0 rings (SSSR count). The quantitative estimate of drug-likeness (QED) is 0.434. The van der Waals surface area contributed by atoms with Crippen LogP contribution in [0.3, 0.4) is 0 Å². The molecule has 112 valence electrons. The third-order valence-electron chi connectivity index (χ3n) is 2.59. The van der Waals surface area contributed by atoms with Gasteiger partial charge in [-0.1, -0.05) is 13.8 Å². The van der Waals surface area contributed by atoms with Crippen LogP contribution >= 0.6 is 12.6 Å². The van der Waals surface area contributed by atoms with Crippen molar-refractivity contribution in [3.63, 3.8) is 0 Å². The summed E-state index contributed by atoms with van der Waals surface area (Å²) in [6.45, 7) is 4.43. The van der Waals surface area contributed by atoms with Crippen LogP contribution < -0.4 is 10.6 Å². The molecule has 0 heterocycles. The Bertz CT molecular complexity index is 297. The van der Waals surface area contributed by atoms with E-state index < -0.39 is 17.4 Å². The highest BCUT2D eigenvalue weighted by atomic mass is 32.1. The second kappa shape index (κ2) is 9.17. The molecule has 6 nitrogen and oxygen atoms in total. The van der Waals surface area contributed by atoms with E-state index in [0.29, 0.717) is 12.3 Å². The minimum absolute atomic E-state index is 0.153. The van der Waals surface area contributed by atoms with Gasteiger partial charge in [0.2, 0.25) is 11.8 Å². The zero-order valence-corrected chi connectivity index (χ0v) is 12.6. The first-order valence-corrected chi connectivity index (χ1v) is 6.80. The molecule has 0 bridgehead atoms. The first-order valence-electron chi connectivity index (χ1n) is 6.17. The van der Waals surface area contributed by atoms with Crippen molar-refractivity contribution in [1.29, 1.82) is 0 Å². The molecule has 0 aliphatic heterocycles. The summed E-state index contributed by atoms with van der Waals surface area (Å²) in [5.41, 5.74) is -0.673. The van der Waals surface area contributed by atoms with Crippen LogP contribution in [0.2, 0.25) is 0 Å². The highest BCUT2D eigenvalue weighted by Gasteiger charge is 2.33. The van der Waals surface area contributed by atoms with E-state index in [-0.39, 0.29) is 25.5 Å². The summed E-state index contributed by atoms with van der Waals surface area (Å²) in [6, 6.07) is 0. The predicted molar refractivity (Wildman–Crippen MR) is 76.2 cm³/mol. The fraction of sp³-hybridized carbons (Fsp3) is 0.833. The van der Waals surface area contributed by atoms with Crippen molar-refractivity contribution in [3.05, 3.63) is 0 Å². The molecule has 0 saturated heterocycles. The fourth-order valence-corrected chi connectivity index (χ4v) is 1.60. The van der Waals surface area contributed by atoms with Crippen LogP contribution in [0.4, 0.5) is 0 Å². The van der Waals surface area contributed by atoms with Crippen molar-refractivity contribution in [2.24, 2.45) is 5.41 Å². The second-order valence-corrected chi connectivity index (χ2v) is 5.39. The van der Waals surface area contributed by atoms with Crippen LogP contribution in [-0.4, -0.2) is 55.6 Å². The highest BCUT2D eigenvalue weighted by Crippen LogP contribution is 2.20. The van der Waals surface area contributed by atoms with Gasteiger partial charge in [0.15, 0.2) is 0 Å². The summed E-state index contributed by atoms with van der Waals surface area (Å²) in [5, 5.41) is 15.0. The number of nitrogens with one attached hydrogen (secondary N) is 2. The number of carbonyl (C=O) groups excluding carboxylic acids is 2. The lowest BCUT2D eigenvalue weighted by atomic mass is 9.87. The minimum Gasteiger partial charge on any atom is -0.384 e. The van der Waals surface area contributed by atoms with E-state index in [9.17, 15) is 14.7 Å². The molecule has 19 heavy (non-hydrogen) atoms. The van der Waals surface area contributed by atoms with Crippen LogP contribution in [0, 0.1) is 5.41 Å². The maximum absolute atomic E-state index is 11.7. The molecule has 0 aromatic carbocycles. The van der Waals surface area contributed by atoms with Gasteiger partial charge in [-0.05, 0) is 0 Å². The van der Waals surface area contributed by atoms with E-state index in [1.54, 1.807) is 13.8 Å². The summed E-state index contributed by atoms with van der Waals surface area (Å²) in [6.07, 6.45) is -0.996. The van der Waals surface area contributed by atoms with Crippen LogP contribution in [0.5, 0.6) is 0 Å². The zero-order valence-electron chi connectivity index (χ0n) is 11.7. The highest BCUT2D eigenvalue weighted by molar-refractivity contribution is 7.80.